The number of hydrogen-bond donors (Lipinski definition) is 2. The Morgan fingerprint density at radius 3 is 3.08 bits per heavy atom. The molecule has 12 heavy (non-hydrogen) atoms. The van der Waals surface area contributed by atoms with Gasteiger partial charge in [0, 0.05) is 17.2 Å². The standard InChI is InChI=1S/C7H9BrN4/c1-5(8)4-11-7-10-3-2-6(9)12-7/h2-3H,1,4H2,(H3,9,10,11,12). The van der Waals surface area contributed by atoms with Crippen molar-refractivity contribution in [3.63, 3.8) is 0 Å². The normalized spacial score (nSPS) is 9.42. The predicted molar refractivity (Wildman–Crippen MR) is 53.0 cm³/mol. The van der Waals surface area contributed by atoms with Crippen molar-refractivity contribution in [2.75, 3.05) is 17.6 Å². The van der Waals surface area contributed by atoms with Crippen molar-refractivity contribution in [3.05, 3.63) is 23.3 Å². The van der Waals surface area contributed by atoms with Crippen LogP contribution in [0.1, 0.15) is 0 Å². The maximum atomic E-state index is 5.44. The number of nitrogens with one attached hydrogen (secondary N) is 1. The Labute approximate surface area is 79.0 Å². The molecule has 0 aliphatic carbocycles. The number of nitrogens with two attached hydrogens (primary N) is 1. The van der Waals surface area contributed by atoms with Gasteiger partial charge >= 0.3 is 0 Å². The monoisotopic (exact) mass is 228 g/mol. The molecule has 4 nitrogen and oxygen atoms in total. The third-order valence-corrected chi connectivity index (χ3v) is 1.40. The summed E-state index contributed by atoms with van der Waals surface area (Å²) in [5.74, 6) is 0.961. The molecule has 0 radical (unpaired) electrons. The average Bonchev–Trinajstić information content (AvgIpc) is 2.01. The molecule has 1 aromatic rings. The van der Waals surface area contributed by atoms with E-state index in [-0.39, 0.29) is 0 Å². The van der Waals surface area contributed by atoms with Gasteiger partial charge in [-0.3, -0.25) is 0 Å². The van der Waals surface area contributed by atoms with Crippen LogP contribution in [-0.2, 0) is 0 Å². The van der Waals surface area contributed by atoms with Gasteiger partial charge in [0.1, 0.15) is 5.82 Å². The lowest BCUT2D eigenvalue weighted by atomic mass is 10.6. The first-order valence-corrected chi connectivity index (χ1v) is 4.13. The number of rotatable bonds is 3. The average molecular weight is 229 g/mol. The molecule has 1 aromatic heterocycles. The van der Waals surface area contributed by atoms with Gasteiger partial charge in [0.15, 0.2) is 0 Å². The van der Waals surface area contributed by atoms with Crippen molar-refractivity contribution in [1.29, 1.82) is 0 Å². The summed E-state index contributed by atoms with van der Waals surface area (Å²) >= 11 is 3.21. The van der Waals surface area contributed by atoms with E-state index >= 15 is 0 Å². The Kier molecular flexibility index (Phi) is 3.04. The third-order valence-electron chi connectivity index (χ3n) is 1.12. The largest absolute Gasteiger partial charge is 0.384 e. The van der Waals surface area contributed by atoms with Crippen molar-refractivity contribution in [2.45, 2.75) is 0 Å². The Balaban J connectivity index is 2.57. The molecule has 0 spiro atoms. The first-order chi connectivity index (χ1) is 5.68. The molecule has 0 aliphatic rings. The molecule has 0 aliphatic heterocycles. The van der Waals surface area contributed by atoms with E-state index in [1.54, 1.807) is 12.3 Å². The summed E-state index contributed by atoms with van der Waals surface area (Å²) in [6, 6.07) is 1.63. The molecule has 5 heteroatoms. The highest BCUT2D eigenvalue weighted by atomic mass is 79.9. The van der Waals surface area contributed by atoms with E-state index in [0.717, 1.165) is 4.48 Å². The zero-order valence-corrected chi connectivity index (χ0v) is 8.00. The molecular formula is C7H9BrN4. The van der Waals surface area contributed by atoms with E-state index in [1.807, 2.05) is 0 Å². The van der Waals surface area contributed by atoms with Crippen molar-refractivity contribution in [3.8, 4) is 0 Å². The quantitative estimate of drug-likeness (QED) is 0.821. The van der Waals surface area contributed by atoms with Crippen molar-refractivity contribution >= 4 is 27.7 Å². The summed E-state index contributed by atoms with van der Waals surface area (Å²) < 4.78 is 0.841. The van der Waals surface area contributed by atoms with E-state index in [9.17, 15) is 0 Å². The van der Waals surface area contributed by atoms with Gasteiger partial charge in [0.2, 0.25) is 5.95 Å². The van der Waals surface area contributed by atoms with Crippen LogP contribution in [0, 0.1) is 0 Å². The lowest BCUT2D eigenvalue weighted by Gasteiger charge is -2.02. The van der Waals surface area contributed by atoms with E-state index < -0.39 is 0 Å². The number of anilines is 2. The zero-order chi connectivity index (χ0) is 8.97. The number of nitrogens with zero attached hydrogens (tertiary/aromatic N) is 2. The smallest absolute Gasteiger partial charge is 0.224 e. The van der Waals surface area contributed by atoms with E-state index in [4.69, 9.17) is 5.73 Å². The van der Waals surface area contributed by atoms with Crippen LogP contribution in [-0.4, -0.2) is 16.5 Å². The summed E-state index contributed by atoms with van der Waals surface area (Å²) in [7, 11) is 0. The molecule has 0 unspecified atom stereocenters. The predicted octanol–water partition coefficient (Wildman–Crippen LogP) is 1.38. The van der Waals surface area contributed by atoms with Crippen LogP contribution >= 0.6 is 15.9 Å². The summed E-state index contributed by atoms with van der Waals surface area (Å²) in [5, 5.41) is 2.94. The van der Waals surface area contributed by atoms with Gasteiger partial charge in [-0.1, -0.05) is 22.5 Å². The summed E-state index contributed by atoms with van der Waals surface area (Å²) in [4.78, 5) is 7.89. The van der Waals surface area contributed by atoms with Gasteiger partial charge < -0.3 is 11.1 Å². The van der Waals surface area contributed by atoms with Gasteiger partial charge in [-0.05, 0) is 6.07 Å². The molecule has 0 bridgehead atoms. The highest BCUT2D eigenvalue weighted by molar-refractivity contribution is 9.11. The minimum Gasteiger partial charge on any atom is -0.384 e. The molecule has 1 heterocycles. The number of aromatic nitrogens is 2. The maximum absolute atomic E-state index is 5.44. The van der Waals surface area contributed by atoms with Crippen LogP contribution in [0.2, 0.25) is 0 Å². The van der Waals surface area contributed by atoms with E-state index in [1.165, 1.54) is 0 Å². The van der Waals surface area contributed by atoms with Crippen LogP contribution in [0.3, 0.4) is 0 Å². The van der Waals surface area contributed by atoms with E-state index in [2.05, 4.69) is 37.8 Å². The first kappa shape index (κ1) is 8.99. The summed E-state index contributed by atoms with van der Waals surface area (Å²) in [6.07, 6.45) is 1.60. The van der Waals surface area contributed by atoms with Gasteiger partial charge in [0.05, 0.1) is 0 Å². The SMILES string of the molecule is C=C(Br)CNc1nccc(N)n1. The molecule has 0 saturated carbocycles. The first-order valence-electron chi connectivity index (χ1n) is 3.34. The molecule has 0 aromatic carbocycles. The second-order valence-electron chi connectivity index (χ2n) is 2.18. The molecule has 3 N–H and O–H groups in total. The molecule has 1 rings (SSSR count). The Bertz CT molecular complexity index is 286. The lowest BCUT2D eigenvalue weighted by molar-refractivity contribution is 1.12. The van der Waals surface area contributed by atoms with Crippen LogP contribution in [0.15, 0.2) is 23.3 Å². The Hall–Kier alpha value is -1.10. The maximum Gasteiger partial charge on any atom is 0.224 e. The number of halogens is 1. The highest BCUT2D eigenvalue weighted by Crippen LogP contribution is 2.04. The molecular weight excluding hydrogens is 220 g/mol. The van der Waals surface area contributed by atoms with Crippen LogP contribution in [0.4, 0.5) is 11.8 Å². The van der Waals surface area contributed by atoms with Crippen molar-refractivity contribution in [1.82, 2.24) is 9.97 Å². The highest BCUT2D eigenvalue weighted by Gasteiger charge is 1.94. The summed E-state index contributed by atoms with van der Waals surface area (Å²) in [5.41, 5.74) is 5.44. The summed E-state index contributed by atoms with van der Waals surface area (Å²) in [6.45, 7) is 4.25. The topological polar surface area (TPSA) is 63.8 Å². The molecule has 0 amide bonds. The minimum atomic E-state index is 0.452. The molecule has 0 atom stereocenters. The Morgan fingerprint density at radius 1 is 1.75 bits per heavy atom. The lowest BCUT2D eigenvalue weighted by Crippen LogP contribution is -2.05. The second-order valence-corrected chi connectivity index (χ2v) is 3.30. The fourth-order valence-electron chi connectivity index (χ4n) is 0.633. The fraction of sp³-hybridized carbons (Fsp3) is 0.143. The van der Waals surface area contributed by atoms with Gasteiger partial charge in [-0.25, -0.2) is 4.98 Å². The van der Waals surface area contributed by atoms with Gasteiger partial charge in [-0.15, -0.1) is 0 Å². The van der Waals surface area contributed by atoms with Crippen LogP contribution < -0.4 is 11.1 Å². The molecule has 0 fully saturated rings. The number of hydrogen-bond acceptors (Lipinski definition) is 4. The third kappa shape index (κ3) is 2.87. The van der Waals surface area contributed by atoms with Crippen molar-refractivity contribution < 1.29 is 0 Å². The minimum absolute atomic E-state index is 0.452. The van der Waals surface area contributed by atoms with Gasteiger partial charge in [-0.2, -0.15) is 4.98 Å². The zero-order valence-electron chi connectivity index (χ0n) is 6.42. The van der Waals surface area contributed by atoms with Crippen molar-refractivity contribution in [2.24, 2.45) is 0 Å². The van der Waals surface area contributed by atoms with Gasteiger partial charge in [0.25, 0.3) is 0 Å². The Morgan fingerprint density at radius 2 is 2.50 bits per heavy atom. The second kappa shape index (κ2) is 4.06. The van der Waals surface area contributed by atoms with Crippen LogP contribution in [0.5, 0.6) is 0 Å². The molecule has 64 valence electrons. The fourth-order valence-corrected chi connectivity index (χ4v) is 0.773. The van der Waals surface area contributed by atoms with E-state index in [0.29, 0.717) is 18.3 Å². The molecule has 0 saturated heterocycles. The number of nitrogen functional groups attached to an aromatic ring is 1. The van der Waals surface area contributed by atoms with Crippen LogP contribution in [0.25, 0.3) is 0 Å².